The molecule has 2 aliphatic rings. The van der Waals surface area contributed by atoms with Crippen molar-refractivity contribution < 1.29 is 9.84 Å². The van der Waals surface area contributed by atoms with Gasteiger partial charge in [-0.1, -0.05) is 6.42 Å². The van der Waals surface area contributed by atoms with Gasteiger partial charge in [0.25, 0.3) is 0 Å². The summed E-state index contributed by atoms with van der Waals surface area (Å²) < 4.78 is 5.13. The molecule has 1 aliphatic carbocycles. The second-order valence-electron chi connectivity index (χ2n) is 3.51. The van der Waals surface area contributed by atoms with E-state index >= 15 is 0 Å². The van der Waals surface area contributed by atoms with Crippen molar-refractivity contribution in [1.82, 2.24) is 5.32 Å². The van der Waals surface area contributed by atoms with E-state index in [0.717, 1.165) is 0 Å². The van der Waals surface area contributed by atoms with Crippen LogP contribution in [0, 0.1) is 0 Å². The molecule has 0 aromatic carbocycles. The van der Waals surface area contributed by atoms with Crippen LogP contribution in [0.3, 0.4) is 0 Å². The van der Waals surface area contributed by atoms with Gasteiger partial charge in [0, 0.05) is 6.04 Å². The van der Waals surface area contributed by atoms with Gasteiger partial charge in [0.2, 0.25) is 0 Å². The summed E-state index contributed by atoms with van der Waals surface area (Å²) in [5.41, 5.74) is 0. The summed E-state index contributed by atoms with van der Waals surface area (Å²) in [6.45, 7) is 1.18. The third-order valence-corrected chi connectivity index (χ3v) is 2.61. The van der Waals surface area contributed by atoms with Crippen molar-refractivity contribution >= 4 is 0 Å². The highest BCUT2D eigenvalue weighted by Gasteiger charge is 2.29. The molecule has 64 valence electrons. The second-order valence-corrected chi connectivity index (χ2v) is 3.51. The topological polar surface area (TPSA) is 41.5 Å². The van der Waals surface area contributed by atoms with Gasteiger partial charge in [0.1, 0.15) is 0 Å². The van der Waals surface area contributed by atoms with Crippen molar-refractivity contribution in [2.24, 2.45) is 0 Å². The van der Waals surface area contributed by atoms with Crippen molar-refractivity contribution in [1.29, 1.82) is 0 Å². The van der Waals surface area contributed by atoms with Crippen LogP contribution in [-0.2, 0) is 4.74 Å². The Balaban J connectivity index is 1.75. The molecule has 0 aromatic rings. The first-order valence-electron chi connectivity index (χ1n) is 4.38. The van der Waals surface area contributed by atoms with E-state index in [4.69, 9.17) is 4.74 Å². The van der Waals surface area contributed by atoms with E-state index in [-0.39, 0.29) is 12.1 Å². The van der Waals surface area contributed by atoms with Crippen LogP contribution in [0.1, 0.15) is 19.3 Å². The van der Waals surface area contributed by atoms with Crippen LogP contribution in [-0.4, -0.2) is 36.5 Å². The van der Waals surface area contributed by atoms with Gasteiger partial charge in [-0.15, -0.1) is 0 Å². The van der Waals surface area contributed by atoms with Crippen molar-refractivity contribution in [2.75, 3.05) is 13.2 Å². The Hall–Kier alpha value is -0.120. The van der Waals surface area contributed by atoms with Gasteiger partial charge in [-0.2, -0.15) is 0 Å². The van der Waals surface area contributed by atoms with Crippen molar-refractivity contribution in [3.63, 3.8) is 0 Å². The molecule has 0 amide bonds. The standard InChI is InChI=1S/C8H15NO2/c10-8-5-11-4-7(8)9-6-2-1-3-6/h6-10H,1-5H2. The summed E-state index contributed by atoms with van der Waals surface area (Å²) in [5.74, 6) is 0. The van der Waals surface area contributed by atoms with E-state index in [0.29, 0.717) is 19.3 Å². The first-order chi connectivity index (χ1) is 5.36. The number of hydrogen-bond acceptors (Lipinski definition) is 3. The second kappa shape index (κ2) is 3.09. The Labute approximate surface area is 66.7 Å². The highest BCUT2D eigenvalue weighted by molar-refractivity contribution is 4.87. The minimum absolute atomic E-state index is 0.195. The van der Waals surface area contributed by atoms with Crippen molar-refractivity contribution in [3.8, 4) is 0 Å². The maximum atomic E-state index is 9.37. The van der Waals surface area contributed by atoms with Crippen LogP contribution < -0.4 is 5.32 Å². The smallest absolute Gasteiger partial charge is 0.0948 e. The summed E-state index contributed by atoms with van der Waals surface area (Å²) in [5, 5.41) is 12.8. The maximum Gasteiger partial charge on any atom is 0.0948 e. The SMILES string of the molecule is OC1COCC1NC1CCC1. The summed E-state index contributed by atoms with van der Waals surface area (Å²) in [4.78, 5) is 0. The van der Waals surface area contributed by atoms with Crippen LogP contribution >= 0.6 is 0 Å². The van der Waals surface area contributed by atoms with Gasteiger partial charge in [0.05, 0.1) is 25.4 Å². The maximum absolute atomic E-state index is 9.37. The Kier molecular flexibility index (Phi) is 2.11. The zero-order valence-corrected chi connectivity index (χ0v) is 6.62. The normalized spacial score (nSPS) is 39.0. The van der Waals surface area contributed by atoms with Gasteiger partial charge >= 0.3 is 0 Å². The van der Waals surface area contributed by atoms with E-state index in [1.165, 1.54) is 19.3 Å². The highest BCUT2D eigenvalue weighted by atomic mass is 16.5. The molecule has 0 aromatic heterocycles. The molecule has 0 radical (unpaired) electrons. The van der Waals surface area contributed by atoms with Gasteiger partial charge in [-0.05, 0) is 12.8 Å². The lowest BCUT2D eigenvalue weighted by atomic mass is 9.92. The third-order valence-electron chi connectivity index (χ3n) is 2.61. The molecule has 2 rings (SSSR count). The Bertz CT molecular complexity index is 136. The minimum Gasteiger partial charge on any atom is -0.389 e. The molecule has 1 heterocycles. The summed E-state index contributed by atoms with van der Waals surface area (Å²) >= 11 is 0. The van der Waals surface area contributed by atoms with Crippen LogP contribution in [0.4, 0.5) is 0 Å². The Morgan fingerprint density at radius 2 is 2.09 bits per heavy atom. The molecule has 2 atom stereocenters. The number of hydrogen-bond donors (Lipinski definition) is 2. The van der Waals surface area contributed by atoms with Gasteiger partial charge < -0.3 is 15.2 Å². The molecular weight excluding hydrogens is 142 g/mol. The van der Waals surface area contributed by atoms with Gasteiger partial charge in [0.15, 0.2) is 0 Å². The highest BCUT2D eigenvalue weighted by Crippen LogP contribution is 2.20. The zero-order chi connectivity index (χ0) is 7.68. The lowest BCUT2D eigenvalue weighted by Gasteiger charge is -2.30. The predicted molar refractivity (Wildman–Crippen MR) is 41.4 cm³/mol. The molecule has 2 unspecified atom stereocenters. The summed E-state index contributed by atoms with van der Waals surface area (Å²) in [6.07, 6.45) is 3.59. The van der Waals surface area contributed by atoms with E-state index in [1.54, 1.807) is 0 Å². The molecule has 0 bridgehead atoms. The number of nitrogens with one attached hydrogen (secondary N) is 1. The van der Waals surface area contributed by atoms with E-state index in [9.17, 15) is 5.11 Å². The monoisotopic (exact) mass is 157 g/mol. The zero-order valence-electron chi connectivity index (χ0n) is 6.62. The fraction of sp³-hybridized carbons (Fsp3) is 1.00. The number of ether oxygens (including phenoxy) is 1. The van der Waals surface area contributed by atoms with Crippen LogP contribution in [0.25, 0.3) is 0 Å². The molecule has 1 saturated heterocycles. The summed E-state index contributed by atoms with van der Waals surface area (Å²) in [6, 6.07) is 0.844. The molecule has 1 saturated carbocycles. The molecule has 2 fully saturated rings. The third kappa shape index (κ3) is 1.55. The number of rotatable bonds is 2. The average Bonchev–Trinajstić information content (AvgIpc) is 2.27. The van der Waals surface area contributed by atoms with Crippen LogP contribution in [0.15, 0.2) is 0 Å². The van der Waals surface area contributed by atoms with Crippen molar-refractivity contribution in [3.05, 3.63) is 0 Å². The molecule has 1 aliphatic heterocycles. The molecule has 3 nitrogen and oxygen atoms in total. The molecular formula is C8H15NO2. The molecule has 11 heavy (non-hydrogen) atoms. The first kappa shape index (κ1) is 7.53. The number of aliphatic hydroxyl groups is 1. The van der Waals surface area contributed by atoms with E-state index in [2.05, 4.69) is 5.32 Å². The minimum atomic E-state index is -0.282. The van der Waals surface area contributed by atoms with Gasteiger partial charge in [-0.3, -0.25) is 0 Å². The van der Waals surface area contributed by atoms with Gasteiger partial charge in [-0.25, -0.2) is 0 Å². The van der Waals surface area contributed by atoms with E-state index < -0.39 is 0 Å². The Morgan fingerprint density at radius 3 is 2.55 bits per heavy atom. The average molecular weight is 157 g/mol. The molecule has 3 heteroatoms. The largest absolute Gasteiger partial charge is 0.389 e. The van der Waals surface area contributed by atoms with E-state index in [1.807, 2.05) is 0 Å². The van der Waals surface area contributed by atoms with Crippen LogP contribution in [0.2, 0.25) is 0 Å². The predicted octanol–water partition coefficient (Wildman–Crippen LogP) is -0.112. The van der Waals surface area contributed by atoms with Crippen molar-refractivity contribution in [2.45, 2.75) is 37.5 Å². The lowest BCUT2D eigenvalue weighted by molar-refractivity contribution is 0.119. The first-order valence-corrected chi connectivity index (χ1v) is 4.38. The Morgan fingerprint density at radius 1 is 1.27 bits per heavy atom. The quantitative estimate of drug-likeness (QED) is 0.587. The van der Waals surface area contributed by atoms with Crippen LogP contribution in [0.5, 0.6) is 0 Å². The fourth-order valence-corrected chi connectivity index (χ4v) is 1.58. The molecule has 2 N–H and O–H groups in total. The molecule has 0 spiro atoms. The number of aliphatic hydroxyl groups excluding tert-OH is 1. The lowest BCUT2D eigenvalue weighted by Crippen LogP contribution is -2.47. The fourth-order valence-electron chi connectivity index (χ4n) is 1.58. The summed E-state index contributed by atoms with van der Waals surface area (Å²) in [7, 11) is 0.